The molecule has 27 heavy (non-hydrogen) atoms. The third-order valence-electron chi connectivity index (χ3n) is 4.65. The number of aliphatic hydroxyl groups is 1. The largest absolute Gasteiger partial charge is 0.387 e. The molecule has 1 aliphatic heterocycles. The zero-order chi connectivity index (χ0) is 19.6. The van der Waals surface area contributed by atoms with Gasteiger partial charge in [-0.1, -0.05) is 28.1 Å². The lowest BCUT2D eigenvalue weighted by atomic mass is 10.1. The highest BCUT2D eigenvalue weighted by Gasteiger charge is 2.35. The first-order chi connectivity index (χ1) is 12.8. The fourth-order valence-corrected chi connectivity index (χ4v) is 3.35. The van der Waals surface area contributed by atoms with Gasteiger partial charge in [0, 0.05) is 29.7 Å². The molecule has 1 heterocycles. The molecule has 0 aliphatic carbocycles. The lowest BCUT2D eigenvalue weighted by molar-refractivity contribution is -0.126. The molecule has 1 fully saturated rings. The number of nitrogens with zero attached hydrogens (tertiary/aromatic N) is 1. The third kappa shape index (κ3) is 4.54. The number of hydrogen-bond acceptors (Lipinski definition) is 3. The van der Waals surface area contributed by atoms with Crippen LogP contribution in [-0.2, 0) is 9.59 Å². The van der Waals surface area contributed by atoms with Crippen molar-refractivity contribution in [1.82, 2.24) is 5.32 Å². The van der Waals surface area contributed by atoms with Gasteiger partial charge in [0.05, 0.1) is 12.0 Å². The van der Waals surface area contributed by atoms with E-state index in [-0.39, 0.29) is 24.8 Å². The van der Waals surface area contributed by atoms with Crippen molar-refractivity contribution >= 4 is 33.4 Å². The molecule has 3 rings (SSSR count). The molecule has 0 radical (unpaired) electrons. The summed E-state index contributed by atoms with van der Waals surface area (Å²) in [5.41, 5.74) is 2.16. The summed E-state index contributed by atoms with van der Waals surface area (Å²) in [4.78, 5) is 26.3. The van der Waals surface area contributed by atoms with E-state index in [0.717, 1.165) is 15.7 Å². The summed E-state index contributed by atoms with van der Waals surface area (Å²) in [7, 11) is 0. The van der Waals surface area contributed by atoms with E-state index in [0.29, 0.717) is 12.1 Å². The Morgan fingerprint density at radius 3 is 2.85 bits per heavy atom. The standard InChI is InChI=1S/C20H20BrFN2O3/c1-12-7-16(5-6-17(12)21)24-11-14(9-19(24)26)20(27)23-10-18(25)13-3-2-4-15(22)8-13/h2-8,14,18,25H,9-11H2,1H3,(H,23,27). The monoisotopic (exact) mass is 434 g/mol. The summed E-state index contributed by atoms with van der Waals surface area (Å²) in [6.07, 6.45) is -0.885. The van der Waals surface area contributed by atoms with Crippen LogP contribution < -0.4 is 10.2 Å². The van der Waals surface area contributed by atoms with E-state index in [2.05, 4.69) is 21.2 Å². The fraction of sp³-hybridized carbons (Fsp3) is 0.300. The quantitative estimate of drug-likeness (QED) is 0.759. The maximum Gasteiger partial charge on any atom is 0.227 e. The lowest BCUT2D eigenvalue weighted by Gasteiger charge is -2.18. The SMILES string of the molecule is Cc1cc(N2CC(C(=O)NCC(O)c3cccc(F)c3)CC2=O)ccc1Br. The minimum atomic E-state index is -1.01. The van der Waals surface area contributed by atoms with Crippen molar-refractivity contribution in [2.24, 2.45) is 5.92 Å². The molecule has 1 aliphatic rings. The Morgan fingerprint density at radius 1 is 1.37 bits per heavy atom. The van der Waals surface area contributed by atoms with Crippen molar-refractivity contribution < 1.29 is 19.1 Å². The second-order valence-electron chi connectivity index (χ2n) is 6.65. The summed E-state index contributed by atoms with van der Waals surface area (Å²) in [5, 5.41) is 12.8. The summed E-state index contributed by atoms with van der Waals surface area (Å²) in [5.74, 6) is -1.33. The maximum atomic E-state index is 13.2. The van der Waals surface area contributed by atoms with Crippen LogP contribution in [0.5, 0.6) is 0 Å². The number of hydrogen-bond donors (Lipinski definition) is 2. The number of carbonyl (C=O) groups excluding carboxylic acids is 2. The zero-order valence-electron chi connectivity index (χ0n) is 14.8. The first-order valence-electron chi connectivity index (χ1n) is 8.63. The highest BCUT2D eigenvalue weighted by atomic mass is 79.9. The molecule has 142 valence electrons. The van der Waals surface area contributed by atoms with Crippen LogP contribution >= 0.6 is 15.9 Å². The molecule has 0 spiro atoms. The summed E-state index contributed by atoms with van der Waals surface area (Å²) in [6.45, 7) is 2.19. The van der Waals surface area contributed by atoms with Crippen LogP contribution in [0.2, 0.25) is 0 Å². The van der Waals surface area contributed by atoms with Crippen molar-refractivity contribution in [3.63, 3.8) is 0 Å². The highest BCUT2D eigenvalue weighted by molar-refractivity contribution is 9.10. The van der Waals surface area contributed by atoms with E-state index >= 15 is 0 Å². The van der Waals surface area contributed by atoms with E-state index in [1.54, 1.807) is 11.0 Å². The topological polar surface area (TPSA) is 69.6 Å². The molecule has 5 nitrogen and oxygen atoms in total. The molecule has 0 bridgehead atoms. The number of halogens is 2. The average molecular weight is 435 g/mol. The lowest BCUT2D eigenvalue weighted by Crippen LogP contribution is -2.35. The van der Waals surface area contributed by atoms with Crippen LogP contribution in [0.3, 0.4) is 0 Å². The van der Waals surface area contributed by atoms with Crippen LogP contribution in [0.4, 0.5) is 10.1 Å². The van der Waals surface area contributed by atoms with Crippen LogP contribution in [0.1, 0.15) is 23.7 Å². The Bertz CT molecular complexity index is 874. The smallest absolute Gasteiger partial charge is 0.227 e. The summed E-state index contributed by atoms with van der Waals surface area (Å²) in [6, 6.07) is 11.2. The second kappa shape index (κ2) is 8.19. The van der Waals surface area contributed by atoms with Crippen molar-refractivity contribution in [3.8, 4) is 0 Å². The molecular weight excluding hydrogens is 415 g/mol. The fourth-order valence-electron chi connectivity index (χ4n) is 3.10. The molecular formula is C20H20BrFN2O3. The van der Waals surface area contributed by atoms with Crippen molar-refractivity contribution in [3.05, 3.63) is 63.9 Å². The molecule has 7 heteroatoms. The Morgan fingerprint density at radius 2 is 2.15 bits per heavy atom. The maximum absolute atomic E-state index is 13.2. The van der Waals surface area contributed by atoms with Gasteiger partial charge in [0.1, 0.15) is 5.82 Å². The summed E-state index contributed by atoms with van der Waals surface area (Å²) < 4.78 is 14.2. The minimum Gasteiger partial charge on any atom is -0.387 e. The van der Waals surface area contributed by atoms with E-state index < -0.39 is 17.8 Å². The molecule has 2 unspecified atom stereocenters. The molecule has 2 atom stereocenters. The number of rotatable bonds is 5. The van der Waals surface area contributed by atoms with Crippen molar-refractivity contribution in [2.45, 2.75) is 19.4 Å². The van der Waals surface area contributed by atoms with Gasteiger partial charge in [-0.15, -0.1) is 0 Å². The van der Waals surface area contributed by atoms with Gasteiger partial charge < -0.3 is 15.3 Å². The Labute approximate surface area is 165 Å². The van der Waals surface area contributed by atoms with Gasteiger partial charge in [-0.2, -0.15) is 0 Å². The van der Waals surface area contributed by atoms with Crippen molar-refractivity contribution in [1.29, 1.82) is 0 Å². The molecule has 2 aromatic carbocycles. The number of aliphatic hydroxyl groups excluding tert-OH is 1. The van der Waals surface area contributed by atoms with E-state index in [1.165, 1.54) is 18.2 Å². The predicted octanol–water partition coefficient (Wildman–Crippen LogP) is 3.10. The highest BCUT2D eigenvalue weighted by Crippen LogP contribution is 2.28. The summed E-state index contributed by atoms with van der Waals surface area (Å²) >= 11 is 3.43. The third-order valence-corrected chi connectivity index (χ3v) is 5.54. The number of benzene rings is 2. The number of anilines is 1. The van der Waals surface area contributed by atoms with Gasteiger partial charge in [-0.25, -0.2) is 4.39 Å². The van der Waals surface area contributed by atoms with Crippen LogP contribution in [0.15, 0.2) is 46.9 Å². The van der Waals surface area contributed by atoms with E-state index in [1.807, 2.05) is 25.1 Å². The Hall–Kier alpha value is -2.25. The van der Waals surface area contributed by atoms with E-state index in [9.17, 15) is 19.1 Å². The molecule has 1 saturated heterocycles. The molecule has 2 N–H and O–H groups in total. The van der Waals surface area contributed by atoms with Crippen LogP contribution in [0, 0.1) is 18.7 Å². The van der Waals surface area contributed by atoms with E-state index in [4.69, 9.17) is 0 Å². The predicted molar refractivity (Wildman–Crippen MR) is 104 cm³/mol. The molecule has 0 saturated carbocycles. The molecule has 2 aromatic rings. The van der Waals surface area contributed by atoms with Gasteiger partial charge in [0.15, 0.2) is 0 Å². The Balaban J connectivity index is 1.59. The second-order valence-corrected chi connectivity index (χ2v) is 7.51. The van der Waals surface area contributed by atoms with Gasteiger partial charge in [-0.05, 0) is 48.4 Å². The normalized spacial score (nSPS) is 17.9. The Kier molecular flexibility index (Phi) is 5.92. The molecule has 0 aromatic heterocycles. The number of aryl methyl sites for hydroxylation is 1. The van der Waals surface area contributed by atoms with Gasteiger partial charge in [-0.3, -0.25) is 9.59 Å². The number of carbonyl (C=O) groups is 2. The number of amides is 2. The van der Waals surface area contributed by atoms with Crippen LogP contribution in [0.25, 0.3) is 0 Å². The first kappa shape index (κ1) is 19.5. The number of nitrogens with one attached hydrogen (secondary N) is 1. The van der Waals surface area contributed by atoms with Crippen molar-refractivity contribution in [2.75, 3.05) is 18.0 Å². The average Bonchev–Trinajstić information content (AvgIpc) is 3.03. The van der Waals surface area contributed by atoms with Gasteiger partial charge in [0.25, 0.3) is 0 Å². The first-order valence-corrected chi connectivity index (χ1v) is 9.42. The minimum absolute atomic E-state index is 0.0373. The molecule has 2 amide bonds. The van der Waals surface area contributed by atoms with Gasteiger partial charge in [0.2, 0.25) is 11.8 Å². The zero-order valence-corrected chi connectivity index (χ0v) is 16.4. The van der Waals surface area contributed by atoms with Gasteiger partial charge >= 0.3 is 0 Å². The van der Waals surface area contributed by atoms with Crippen LogP contribution in [-0.4, -0.2) is 30.0 Å².